The third-order valence-corrected chi connectivity index (χ3v) is 3.00. The quantitative estimate of drug-likeness (QED) is 0.564. The summed E-state index contributed by atoms with van der Waals surface area (Å²) in [7, 11) is 1.83. The van der Waals surface area contributed by atoms with Crippen molar-refractivity contribution < 1.29 is 4.79 Å². The Hall–Kier alpha value is -1.56. The van der Waals surface area contributed by atoms with Gasteiger partial charge in [0.2, 0.25) is 5.91 Å². The molecule has 0 bridgehead atoms. The molecule has 0 atom stereocenters. The van der Waals surface area contributed by atoms with E-state index in [1.165, 1.54) is 0 Å². The topological polar surface area (TPSA) is 76.2 Å². The summed E-state index contributed by atoms with van der Waals surface area (Å²) in [5.41, 5.74) is 4.55. The van der Waals surface area contributed by atoms with Crippen LogP contribution >= 0.6 is 0 Å². The van der Waals surface area contributed by atoms with Gasteiger partial charge in [-0.2, -0.15) is 5.10 Å². The molecule has 1 aromatic heterocycles. The second-order valence-corrected chi connectivity index (χ2v) is 4.10. The van der Waals surface area contributed by atoms with Crippen LogP contribution < -0.4 is 11.3 Å². The van der Waals surface area contributed by atoms with Crippen LogP contribution in [0.2, 0.25) is 0 Å². The molecule has 3 N–H and O–H groups in total. The van der Waals surface area contributed by atoms with E-state index in [9.17, 15) is 4.79 Å². The molecule has 1 fully saturated rings. The van der Waals surface area contributed by atoms with Crippen LogP contribution in [-0.2, 0) is 18.4 Å². The first kappa shape index (κ1) is 10.9. The third-order valence-electron chi connectivity index (χ3n) is 3.00. The number of amides is 1. The Labute approximate surface area is 94.4 Å². The highest BCUT2D eigenvalue weighted by Crippen LogP contribution is 2.22. The Morgan fingerprint density at radius 3 is 2.88 bits per heavy atom. The van der Waals surface area contributed by atoms with Crippen molar-refractivity contribution in [3.63, 3.8) is 0 Å². The fraction of sp³-hybridized carbons (Fsp3) is 0.600. The standard InChI is InChI=1S/C10H17N5O/c1-7-8(10(12-11)14(2)13-7)6-15-5-3-4-9(15)16/h12H,3-6,11H2,1-2H3. The highest BCUT2D eigenvalue weighted by atomic mass is 16.2. The Morgan fingerprint density at radius 1 is 1.56 bits per heavy atom. The number of hydrogen-bond acceptors (Lipinski definition) is 4. The highest BCUT2D eigenvalue weighted by Gasteiger charge is 2.23. The van der Waals surface area contributed by atoms with Gasteiger partial charge in [0.05, 0.1) is 12.2 Å². The average Bonchev–Trinajstić information content (AvgIpc) is 2.74. The zero-order chi connectivity index (χ0) is 11.7. The molecule has 0 unspecified atom stereocenters. The first-order valence-electron chi connectivity index (χ1n) is 5.40. The van der Waals surface area contributed by atoms with Crippen LogP contribution in [-0.4, -0.2) is 27.1 Å². The zero-order valence-corrected chi connectivity index (χ0v) is 9.66. The fourth-order valence-corrected chi connectivity index (χ4v) is 2.13. The first-order valence-corrected chi connectivity index (χ1v) is 5.40. The van der Waals surface area contributed by atoms with E-state index in [2.05, 4.69) is 10.5 Å². The number of hydrogen-bond donors (Lipinski definition) is 2. The van der Waals surface area contributed by atoms with Crippen LogP contribution in [0.25, 0.3) is 0 Å². The van der Waals surface area contributed by atoms with Crippen molar-refractivity contribution in [3.8, 4) is 0 Å². The van der Waals surface area contributed by atoms with Gasteiger partial charge in [-0.15, -0.1) is 0 Å². The summed E-state index contributed by atoms with van der Waals surface area (Å²) in [4.78, 5) is 13.4. The lowest BCUT2D eigenvalue weighted by molar-refractivity contribution is -0.128. The Bertz CT molecular complexity index is 412. The second kappa shape index (κ2) is 4.13. The van der Waals surface area contributed by atoms with Gasteiger partial charge in [0.15, 0.2) is 0 Å². The van der Waals surface area contributed by atoms with Crippen molar-refractivity contribution in [3.05, 3.63) is 11.3 Å². The van der Waals surface area contributed by atoms with Crippen LogP contribution in [0.15, 0.2) is 0 Å². The maximum Gasteiger partial charge on any atom is 0.222 e. The molecule has 0 spiro atoms. The molecule has 6 nitrogen and oxygen atoms in total. The van der Waals surface area contributed by atoms with Gasteiger partial charge in [0.1, 0.15) is 5.82 Å². The number of carbonyl (C=O) groups excluding carboxylic acids is 1. The minimum absolute atomic E-state index is 0.214. The molecular weight excluding hydrogens is 206 g/mol. The average molecular weight is 223 g/mol. The summed E-state index contributed by atoms with van der Waals surface area (Å²) in [6, 6.07) is 0. The molecule has 1 aliphatic rings. The third kappa shape index (κ3) is 1.76. The van der Waals surface area contributed by atoms with E-state index >= 15 is 0 Å². The van der Waals surface area contributed by atoms with E-state index in [4.69, 9.17) is 5.84 Å². The van der Waals surface area contributed by atoms with Gasteiger partial charge in [-0.1, -0.05) is 0 Å². The van der Waals surface area contributed by atoms with Crippen molar-refractivity contribution in [2.75, 3.05) is 12.0 Å². The molecule has 1 saturated heterocycles. The number of nitrogens with zero attached hydrogens (tertiary/aromatic N) is 3. The smallest absolute Gasteiger partial charge is 0.222 e. The number of anilines is 1. The molecule has 2 heterocycles. The zero-order valence-electron chi connectivity index (χ0n) is 9.66. The number of rotatable bonds is 3. The minimum Gasteiger partial charge on any atom is -0.338 e. The molecule has 0 radical (unpaired) electrons. The summed E-state index contributed by atoms with van der Waals surface area (Å²) >= 11 is 0. The van der Waals surface area contributed by atoms with Gasteiger partial charge >= 0.3 is 0 Å². The summed E-state index contributed by atoms with van der Waals surface area (Å²) < 4.78 is 1.70. The predicted octanol–water partition coefficient (Wildman–Crippen LogP) is 0.137. The first-order chi connectivity index (χ1) is 7.63. The molecule has 6 heteroatoms. The van der Waals surface area contributed by atoms with E-state index in [1.807, 2.05) is 18.9 Å². The van der Waals surface area contributed by atoms with Crippen LogP contribution in [0, 0.1) is 6.92 Å². The van der Waals surface area contributed by atoms with Crippen molar-refractivity contribution in [2.45, 2.75) is 26.3 Å². The van der Waals surface area contributed by atoms with E-state index < -0.39 is 0 Å². The van der Waals surface area contributed by atoms with Gasteiger partial charge in [-0.3, -0.25) is 9.48 Å². The molecule has 1 aromatic rings. The van der Waals surface area contributed by atoms with E-state index in [1.54, 1.807) is 4.68 Å². The van der Waals surface area contributed by atoms with Gasteiger partial charge in [0, 0.05) is 25.6 Å². The number of nitrogen functional groups attached to an aromatic ring is 1. The maximum atomic E-state index is 11.5. The maximum absolute atomic E-state index is 11.5. The molecule has 1 amide bonds. The van der Waals surface area contributed by atoms with Crippen LogP contribution in [0.3, 0.4) is 0 Å². The van der Waals surface area contributed by atoms with Crippen molar-refractivity contribution in [1.29, 1.82) is 0 Å². The molecular formula is C10H17N5O. The molecule has 1 aliphatic heterocycles. The Kier molecular flexibility index (Phi) is 2.82. The minimum atomic E-state index is 0.214. The van der Waals surface area contributed by atoms with Gasteiger partial charge in [0.25, 0.3) is 0 Å². The fourth-order valence-electron chi connectivity index (χ4n) is 2.13. The number of nitrogens with one attached hydrogen (secondary N) is 1. The molecule has 0 aromatic carbocycles. The summed E-state index contributed by atoms with van der Waals surface area (Å²) in [6.45, 7) is 3.35. The summed E-state index contributed by atoms with van der Waals surface area (Å²) in [5, 5.41) is 4.29. The largest absolute Gasteiger partial charge is 0.338 e. The second-order valence-electron chi connectivity index (χ2n) is 4.10. The van der Waals surface area contributed by atoms with E-state index in [0.29, 0.717) is 13.0 Å². The molecule has 2 rings (SSSR count). The number of carbonyl (C=O) groups is 1. The van der Waals surface area contributed by atoms with Crippen LogP contribution in [0.4, 0.5) is 5.82 Å². The number of likely N-dealkylation sites (tertiary alicyclic amines) is 1. The van der Waals surface area contributed by atoms with Gasteiger partial charge in [-0.25, -0.2) is 5.84 Å². The van der Waals surface area contributed by atoms with E-state index in [0.717, 1.165) is 30.0 Å². The molecule has 88 valence electrons. The van der Waals surface area contributed by atoms with Gasteiger partial charge in [-0.05, 0) is 13.3 Å². The SMILES string of the molecule is Cc1nn(C)c(NN)c1CN1CCCC1=O. The Balaban J connectivity index is 2.23. The summed E-state index contributed by atoms with van der Waals surface area (Å²) in [5.74, 6) is 6.45. The lowest BCUT2D eigenvalue weighted by Crippen LogP contribution is -2.25. The molecule has 0 saturated carbocycles. The number of aromatic nitrogens is 2. The van der Waals surface area contributed by atoms with Crippen molar-refractivity contribution in [1.82, 2.24) is 14.7 Å². The predicted molar refractivity (Wildman–Crippen MR) is 60.4 cm³/mol. The van der Waals surface area contributed by atoms with E-state index in [-0.39, 0.29) is 5.91 Å². The lowest BCUT2D eigenvalue weighted by Gasteiger charge is -2.16. The van der Waals surface area contributed by atoms with Crippen molar-refractivity contribution in [2.24, 2.45) is 12.9 Å². The number of nitrogens with two attached hydrogens (primary N) is 1. The van der Waals surface area contributed by atoms with Gasteiger partial charge < -0.3 is 10.3 Å². The van der Waals surface area contributed by atoms with Crippen LogP contribution in [0.5, 0.6) is 0 Å². The lowest BCUT2D eigenvalue weighted by atomic mass is 10.2. The monoisotopic (exact) mass is 223 g/mol. The Morgan fingerprint density at radius 2 is 2.31 bits per heavy atom. The summed E-state index contributed by atoms with van der Waals surface area (Å²) in [6.07, 6.45) is 1.61. The van der Waals surface area contributed by atoms with Crippen molar-refractivity contribution >= 4 is 11.7 Å². The van der Waals surface area contributed by atoms with Crippen LogP contribution in [0.1, 0.15) is 24.1 Å². The molecule has 16 heavy (non-hydrogen) atoms. The number of hydrazine groups is 1. The normalized spacial score (nSPS) is 15.9. The highest BCUT2D eigenvalue weighted by molar-refractivity contribution is 5.78. The number of aryl methyl sites for hydroxylation is 2. The molecule has 0 aliphatic carbocycles.